The molecule has 0 saturated carbocycles. The third kappa shape index (κ3) is 2.42. The summed E-state index contributed by atoms with van der Waals surface area (Å²) in [4.78, 5) is 10.8. The summed E-state index contributed by atoms with van der Waals surface area (Å²) in [6.45, 7) is 0.945. The summed E-state index contributed by atoms with van der Waals surface area (Å²) in [7, 11) is 0. The molecular weight excluding hydrogens is 190 g/mol. The van der Waals surface area contributed by atoms with E-state index in [9.17, 15) is 15.0 Å². The molecule has 4 atom stereocenters. The van der Waals surface area contributed by atoms with Crippen molar-refractivity contribution in [2.75, 3.05) is 13.2 Å². The van der Waals surface area contributed by atoms with Crippen LogP contribution in [0.5, 0.6) is 0 Å². The number of carbonyl (C=O) groups is 1. The monoisotopic (exact) mass is 205 g/mol. The maximum absolute atomic E-state index is 10.8. The maximum atomic E-state index is 10.8. The summed E-state index contributed by atoms with van der Waals surface area (Å²) in [5.41, 5.74) is 0. The van der Waals surface area contributed by atoms with Gasteiger partial charge in [-0.2, -0.15) is 0 Å². The quantitative estimate of drug-likeness (QED) is 0.403. The molecule has 0 aromatic carbocycles. The molecule has 6 nitrogen and oxygen atoms in total. The average molecular weight is 205 g/mol. The van der Waals surface area contributed by atoms with E-state index in [1.165, 1.54) is 6.92 Å². The van der Waals surface area contributed by atoms with E-state index >= 15 is 0 Å². The summed E-state index contributed by atoms with van der Waals surface area (Å²) in [5.74, 6) is -0.341. The third-order valence-electron chi connectivity index (χ3n) is 2.19. The Kier molecular flexibility index (Phi) is 3.82. The van der Waals surface area contributed by atoms with E-state index in [2.05, 4.69) is 5.32 Å². The topological polar surface area (TPSA) is 99.0 Å². The smallest absolute Gasteiger partial charge is 0.217 e. The molecule has 1 fully saturated rings. The number of ether oxygens (including phenoxy) is 1. The van der Waals surface area contributed by atoms with Gasteiger partial charge in [-0.3, -0.25) is 4.79 Å². The summed E-state index contributed by atoms with van der Waals surface area (Å²) in [6, 6.07) is -0.779. The van der Waals surface area contributed by atoms with Crippen LogP contribution in [0.2, 0.25) is 0 Å². The second kappa shape index (κ2) is 4.70. The van der Waals surface area contributed by atoms with Crippen molar-refractivity contribution in [1.29, 1.82) is 0 Å². The van der Waals surface area contributed by atoms with Crippen molar-refractivity contribution < 1.29 is 24.9 Å². The fraction of sp³-hybridized carbons (Fsp3) is 0.875. The van der Waals surface area contributed by atoms with Crippen LogP contribution in [0, 0.1) is 0 Å². The number of nitrogens with one attached hydrogen (secondary N) is 1. The van der Waals surface area contributed by atoms with Crippen molar-refractivity contribution in [3.05, 3.63) is 0 Å². The fourth-order valence-corrected chi connectivity index (χ4v) is 1.46. The molecule has 4 N–H and O–H groups in total. The van der Waals surface area contributed by atoms with Gasteiger partial charge in [-0.25, -0.2) is 0 Å². The standard InChI is InChI=1S/C8H15NO5/c1-4(11)9-7-5(12)3-14-6(2-10)8(7)13/h5-8,10,12-13H,2-3H2,1H3,(H,9,11)/t5-,6+,7-,8+/m0/s1. The molecule has 0 aromatic rings. The largest absolute Gasteiger partial charge is 0.394 e. The van der Waals surface area contributed by atoms with Crippen LogP contribution in [0.4, 0.5) is 0 Å². The van der Waals surface area contributed by atoms with Gasteiger partial charge in [0.2, 0.25) is 5.91 Å². The van der Waals surface area contributed by atoms with Gasteiger partial charge in [-0.05, 0) is 0 Å². The van der Waals surface area contributed by atoms with E-state index in [4.69, 9.17) is 9.84 Å². The molecule has 0 radical (unpaired) electrons. The predicted molar refractivity (Wildman–Crippen MR) is 46.4 cm³/mol. The summed E-state index contributed by atoms with van der Waals surface area (Å²) < 4.78 is 4.96. The van der Waals surface area contributed by atoms with E-state index in [0.717, 1.165) is 0 Å². The number of aliphatic hydroxyl groups excluding tert-OH is 3. The Labute approximate surface area is 81.5 Å². The van der Waals surface area contributed by atoms with E-state index in [1.54, 1.807) is 0 Å². The van der Waals surface area contributed by atoms with Crippen LogP contribution in [-0.2, 0) is 9.53 Å². The van der Waals surface area contributed by atoms with Gasteiger partial charge in [0, 0.05) is 6.92 Å². The SMILES string of the molecule is CC(=O)N[C@@H]1[C@H](O)[C@@H](CO)OC[C@@H]1O. The molecule has 0 aliphatic carbocycles. The van der Waals surface area contributed by atoms with E-state index in [0.29, 0.717) is 0 Å². The Morgan fingerprint density at radius 2 is 2.21 bits per heavy atom. The molecule has 0 spiro atoms. The van der Waals surface area contributed by atoms with Crippen LogP contribution in [0.3, 0.4) is 0 Å². The molecular formula is C8H15NO5. The Balaban J connectivity index is 2.63. The van der Waals surface area contributed by atoms with Crippen molar-refractivity contribution in [2.45, 2.75) is 31.3 Å². The number of hydrogen-bond acceptors (Lipinski definition) is 5. The van der Waals surface area contributed by atoms with Crippen LogP contribution >= 0.6 is 0 Å². The number of carbonyl (C=O) groups excluding carboxylic acids is 1. The normalized spacial score (nSPS) is 38.0. The van der Waals surface area contributed by atoms with Crippen LogP contribution in [0.25, 0.3) is 0 Å². The highest BCUT2D eigenvalue weighted by atomic mass is 16.5. The second-order valence-corrected chi connectivity index (χ2v) is 3.34. The minimum Gasteiger partial charge on any atom is -0.394 e. The van der Waals surface area contributed by atoms with Gasteiger partial charge in [0.15, 0.2) is 0 Å². The molecule has 14 heavy (non-hydrogen) atoms. The lowest BCUT2D eigenvalue weighted by Crippen LogP contribution is -2.61. The van der Waals surface area contributed by atoms with E-state index in [-0.39, 0.29) is 19.1 Å². The van der Waals surface area contributed by atoms with Crippen molar-refractivity contribution in [2.24, 2.45) is 0 Å². The molecule has 6 heteroatoms. The Morgan fingerprint density at radius 3 is 2.71 bits per heavy atom. The van der Waals surface area contributed by atoms with Crippen LogP contribution in [0.15, 0.2) is 0 Å². The maximum Gasteiger partial charge on any atom is 0.217 e. The molecule has 0 bridgehead atoms. The first-order chi connectivity index (χ1) is 6.56. The minimum atomic E-state index is -1.09. The zero-order valence-corrected chi connectivity index (χ0v) is 7.88. The molecule has 1 aliphatic rings. The number of rotatable bonds is 2. The highest BCUT2D eigenvalue weighted by Crippen LogP contribution is 2.15. The number of aliphatic hydroxyl groups is 3. The van der Waals surface area contributed by atoms with E-state index in [1.807, 2.05) is 0 Å². The molecule has 1 amide bonds. The van der Waals surface area contributed by atoms with Crippen LogP contribution in [0.1, 0.15) is 6.92 Å². The first-order valence-corrected chi connectivity index (χ1v) is 4.42. The molecule has 1 aliphatic heterocycles. The molecule has 0 unspecified atom stereocenters. The molecule has 1 rings (SSSR count). The number of hydrogen-bond donors (Lipinski definition) is 4. The van der Waals surface area contributed by atoms with Crippen molar-refractivity contribution in [3.8, 4) is 0 Å². The lowest BCUT2D eigenvalue weighted by atomic mass is 9.97. The predicted octanol–water partition coefficient (Wildman–Crippen LogP) is -2.40. The van der Waals surface area contributed by atoms with Gasteiger partial charge in [-0.1, -0.05) is 0 Å². The molecule has 1 heterocycles. The summed E-state index contributed by atoms with van der Waals surface area (Å²) in [6.07, 6.45) is -2.79. The Morgan fingerprint density at radius 1 is 1.57 bits per heavy atom. The van der Waals surface area contributed by atoms with Crippen molar-refractivity contribution in [1.82, 2.24) is 5.32 Å². The van der Waals surface area contributed by atoms with Gasteiger partial charge in [0.05, 0.1) is 19.3 Å². The molecule has 0 aromatic heterocycles. The van der Waals surface area contributed by atoms with Gasteiger partial charge < -0.3 is 25.4 Å². The van der Waals surface area contributed by atoms with Gasteiger partial charge >= 0.3 is 0 Å². The lowest BCUT2D eigenvalue weighted by Gasteiger charge is -2.37. The number of amides is 1. The molecule has 1 saturated heterocycles. The van der Waals surface area contributed by atoms with Gasteiger partial charge in [-0.15, -0.1) is 0 Å². The first kappa shape index (κ1) is 11.4. The van der Waals surface area contributed by atoms with E-state index < -0.39 is 24.4 Å². The minimum absolute atomic E-state index is 0.00671. The zero-order chi connectivity index (χ0) is 10.7. The Bertz CT molecular complexity index is 210. The van der Waals surface area contributed by atoms with Crippen molar-refractivity contribution >= 4 is 5.91 Å². The third-order valence-corrected chi connectivity index (χ3v) is 2.19. The summed E-state index contributed by atoms with van der Waals surface area (Å²) >= 11 is 0. The van der Waals surface area contributed by atoms with Crippen LogP contribution in [-0.4, -0.2) is 58.8 Å². The first-order valence-electron chi connectivity index (χ1n) is 4.42. The Hall–Kier alpha value is -0.690. The summed E-state index contributed by atoms with van der Waals surface area (Å²) in [5, 5.41) is 30.2. The highest BCUT2D eigenvalue weighted by molar-refractivity contribution is 5.73. The lowest BCUT2D eigenvalue weighted by molar-refractivity contribution is -0.158. The van der Waals surface area contributed by atoms with Crippen molar-refractivity contribution in [3.63, 3.8) is 0 Å². The fourth-order valence-electron chi connectivity index (χ4n) is 1.46. The van der Waals surface area contributed by atoms with Crippen LogP contribution < -0.4 is 5.32 Å². The highest BCUT2D eigenvalue weighted by Gasteiger charge is 2.38. The zero-order valence-electron chi connectivity index (χ0n) is 7.88. The average Bonchev–Trinajstić information content (AvgIpc) is 2.12. The van der Waals surface area contributed by atoms with Gasteiger partial charge in [0.1, 0.15) is 18.3 Å². The molecule has 82 valence electrons. The van der Waals surface area contributed by atoms with Gasteiger partial charge in [0.25, 0.3) is 0 Å². The second-order valence-electron chi connectivity index (χ2n) is 3.34.